The summed E-state index contributed by atoms with van der Waals surface area (Å²) in [4.78, 5) is 22.4. The van der Waals surface area contributed by atoms with Crippen molar-refractivity contribution in [2.24, 2.45) is 5.41 Å². The van der Waals surface area contributed by atoms with E-state index in [0.29, 0.717) is 6.54 Å². The number of hydrogen-bond acceptors (Lipinski definition) is 3. The topological polar surface area (TPSA) is 78.4 Å². The quantitative estimate of drug-likeness (QED) is 0.765. The summed E-state index contributed by atoms with van der Waals surface area (Å²) in [6.45, 7) is 5.67. The van der Waals surface area contributed by atoms with Crippen molar-refractivity contribution in [1.29, 1.82) is 0 Å². The van der Waals surface area contributed by atoms with E-state index in [9.17, 15) is 9.59 Å². The fourth-order valence-corrected chi connectivity index (χ4v) is 2.04. The molecule has 0 fully saturated rings. The van der Waals surface area contributed by atoms with Crippen LogP contribution in [0.25, 0.3) is 0 Å². The van der Waals surface area contributed by atoms with Gasteiger partial charge in [-0.3, -0.25) is 4.79 Å². The number of carbonyl (C=O) groups is 2. The highest BCUT2D eigenvalue weighted by Gasteiger charge is 2.27. The molecule has 0 saturated heterocycles. The molecule has 0 unspecified atom stereocenters. The number of carboxylic acids is 1. The van der Waals surface area contributed by atoms with E-state index in [0.717, 1.165) is 11.1 Å². The molecule has 0 aliphatic carbocycles. The van der Waals surface area contributed by atoms with Crippen molar-refractivity contribution in [2.75, 3.05) is 6.54 Å². The van der Waals surface area contributed by atoms with Crippen LogP contribution in [0.15, 0.2) is 10.8 Å². The van der Waals surface area contributed by atoms with E-state index < -0.39 is 11.4 Å². The van der Waals surface area contributed by atoms with Gasteiger partial charge in [0.1, 0.15) is 0 Å². The molecule has 1 rings (SSSR count). The molecular formula is C12H18N2O3S. The van der Waals surface area contributed by atoms with E-state index in [1.807, 2.05) is 17.7 Å². The Morgan fingerprint density at radius 3 is 2.50 bits per heavy atom. The SMILES string of the molecule is Cc1cscc1CNC(=O)NCC(C)(C)C(=O)O. The van der Waals surface area contributed by atoms with Crippen molar-refractivity contribution in [2.45, 2.75) is 27.3 Å². The average molecular weight is 270 g/mol. The molecule has 0 spiro atoms. The van der Waals surface area contributed by atoms with Crippen LogP contribution in [0.3, 0.4) is 0 Å². The highest BCUT2D eigenvalue weighted by molar-refractivity contribution is 7.08. The molecule has 5 nitrogen and oxygen atoms in total. The molecule has 3 N–H and O–H groups in total. The van der Waals surface area contributed by atoms with Crippen LogP contribution in [0.5, 0.6) is 0 Å². The number of amides is 2. The molecule has 0 aliphatic heterocycles. The lowest BCUT2D eigenvalue weighted by Crippen LogP contribution is -2.43. The summed E-state index contributed by atoms with van der Waals surface area (Å²) in [5.41, 5.74) is 1.26. The lowest BCUT2D eigenvalue weighted by atomic mass is 9.94. The maximum absolute atomic E-state index is 11.5. The molecule has 18 heavy (non-hydrogen) atoms. The van der Waals surface area contributed by atoms with Gasteiger partial charge in [-0.05, 0) is 42.7 Å². The van der Waals surface area contributed by atoms with Gasteiger partial charge in [-0.25, -0.2) is 4.79 Å². The van der Waals surface area contributed by atoms with Crippen LogP contribution in [0.2, 0.25) is 0 Å². The Balaban J connectivity index is 2.35. The number of hydrogen-bond donors (Lipinski definition) is 3. The number of urea groups is 1. The van der Waals surface area contributed by atoms with Crippen molar-refractivity contribution in [1.82, 2.24) is 10.6 Å². The van der Waals surface area contributed by atoms with E-state index in [2.05, 4.69) is 10.6 Å². The normalized spacial score (nSPS) is 11.1. The lowest BCUT2D eigenvalue weighted by Gasteiger charge is -2.19. The van der Waals surface area contributed by atoms with Gasteiger partial charge in [-0.2, -0.15) is 11.3 Å². The molecule has 1 heterocycles. The standard InChI is InChI=1S/C12H18N2O3S/c1-8-5-18-6-9(8)4-13-11(17)14-7-12(2,3)10(15)16/h5-6H,4,7H2,1-3H3,(H,15,16)(H2,13,14,17). The van der Waals surface area contributed by atoms with E-state index in [4.69, 9.17) is 5.11 Å². The average Bonchev–Trinajstić information content (AvgIpc) is 2.69. The minimum absolute atomic E-state index is 0.0940. The van der Waals surface area contributed by atoms with Crippen molar-refractivity contribution >= 4 is 23.3 Å². The lowest BCUT2D eigenvalue weighted by molar-refractivity contribution is -0.146. The van der Waals surface area contributed by atoms with E-state index >= 15 is 0 Å². The fourth-order valence-electron chi connectivity index (χ4n) is 1.18. The highest BCUT2D eigenvalue weighted by Crippen LogP contribution is 2.14. The van der Waals surface area contributed by atoms with Crippen LogP contribution in [0.1, 0.15) is 25.0 Å². The molecule has 0 aromatic carbocycles. The third kappa shape index (κ3) is 4.03. The summed E-state index contributed by atoms with van der Waals surface area (Å²) < 4.78 is 0. The maximum Gasteiger partial charge on any atom is 0.315 e. The van der Waals surface area contributed by atoms with E-state index in [1.165, 1.54) is 0 Å². The van der Waals surface area contributed by atoms with Gasteiger partial charge >= 0.3 is 12.0 Å². The van der Waals surface area contributed by atoms with Crippen LogP contribution in [-0.2, 0) is 11.3 Å². The van der Waals surface area contributed by atoms with Gasteiger partial charge in [0.2, 0.25) is 0 Å². The van der Waals surface area contributed by atoms with Gasteiger partial charge in [-0.15, -0.1) is 0 Å². The summed E-state index contributed by atoms with van der Waals surface area (Å²) in [5.74, 6) is -0.934. The maximum atomic E-state index is 11.5. The molecule has 100 valence electrons. The molecule has 1 aromatic rings. The molecule has 0 aliphatic rings. The van der Waals surface area contributed by atoms with Gasteiger partial charge < -0.3 is 15.7 Å². The van der Waals surface area contributed by atoms with Gasteiger partial charge in [0.25, 0.3) is 0 Å². The van der Waals surface area contributed by atoms with E-state index in [-0.39, 0.29) is 12.6 Å². The largest absolute Gasteiger partial charge is 0.481 e. The first-order valence-electron chi connectivity index (χ1n) is 5.59. The van der Waals surface area contributed by atoms with Gasteiger partial charge in [0, 0.05) is 13.1 Å². The Morgan fingerprint density at radius 2 is 2.00 bits per heavy atom. The number of nitrogens with one attached hydrogen (secondary N) is 2. The van der Waals surface area contributed by atoms with Crippen LogP contribution < -0.4 is 10.6 Å². The zero-order valence-corrected chi connectivity index (χ0v) is 11.6. The van der Waals surface area contributed by atoms with Crippen molar-refractivity contribution < 1.29 is 14.7 Å². The minimum atomic E-state index is -0.963. The van der Waals surface area contributed by atoms with E-state index in [1.54, 1.807) is 25.2 Å². The van der Waals surface area contributed by atoms with Crippen LogP contribution in [-0.4, -0.2) is 23.7 Å². The van der Waals surface area contributed by atoms with Crippen LogP contribution in [0, 0.1) is 12.3 Å². The number of rotatable bonds is 5. The second-order valence-corrected chi connectivity index (χ2v) is 5.55. The van der Waals surface area contributed by atoms with Crippen molar-refractivity contribution in [3.05, 3.63) is 21.9 Å². The van der Waals surface area contributed by atoms with Crippen LogP contribution >= 0.6 is 11.3 Å². The number of carbonyl (C=O) groups excluding carboxylic acids is 1. The first-order valence-corrected chi connectivity index (χ1v) is 6.54. The molecule has 1 aromatic heterocycles. The Hall–Kier alpha value is -1.56. The molecule has 6 heteroatoms. The third-order valence-corrected chi connectivity index (χ3v) is 3.58. The summed E-state index contributed by atoms with van der Waals surface area (Å²) in [5, 5.41) is 18.2. The highest BCUT2D eigenvalue weighted by atomic mass is 32.1. The molecule has 2 amide bonds. The van der Waals surface area contributed by atoms with Gasteiger partial charge in [-0.1, -0.05) is 0 Å². The Morgan fingerprint density at radius 1 is 1.33 bits per heavy atom. The van der Waals surface area contributed by atoms with Crippen molar-refractivity contribution in [3.63, 3.8) is 0 Å². The molecular weight excluding hydrogens is 252 g/mol. The summed E-state index contributed by atoms with van der Waals surface area (Å²) in [6.07, 6.45) is 0. The summed E-state index contributed by atoms with van der Waals surface area (Å²) in [7, 11) is 0. The fraction of sp³-hybridized carbons (Fsp3) is 0.500. The van der Waals surface area contributed by atoms with Gasteiger partial charge in [0.15, 0.2) is 0 Å². The Bertz CT molecular complexity index is 440. The zero-order valence-electron chi connectivity index (χ0n) is 10.7. The molecule has 0 atom stereocenters. The predicted molar refractivity (Wildman–Crippen MR) is 70.7 cm³/mol. The Labute approximate surface area is 110 Å². The zero-order chi connectivity index (χ0) is 13.8. The number of thiophene rings is 1. The third-order valence-electron chi connectivity index (χ3n) is 2.67. The second kappa shape index (κ2) is 5.86. The minimum Gasteiger partial charge on any atom is -0.481 e. The van der Waals surface area contributed by atoms with Crippen LogP contribution in [0.4, 0.5) is 4.79 Å². The number of aliphatic carboxylic acids is 1. The Kier molecular flexibility index (Phi) is 4.72. The smallest absolute Gasteiger partial charge is 0.315 e. The number of carboxylic acid groups (broad SMARTS) is 1. The monoisotopic (exact) mass is 270 g/mol. The van der Waals surface area contributed by atoms with Gasteiger partial charge in [0.05, 0.1) is 5.41 Å². The summed E-state index contributed by atoms with van der Waals surface area (Å²) >= 11 is 1.59. The number of aryl methyl sites for hydroxylation is 1. The molecule has 0 radical (unpaired) electrons. The second-order valence-electron chi connectivity index (χ2n) is 4.81. The molecule has 0 saturated carbocycles. The predicted octanol–water partition coefficient (Wildman–Crippen LogP) is 1.97. The van der Waals surface area contributed by atoms with Crippen molar-refractivity contribution in [3.8, 4) is 0 Å². The molecule has 0 bridgehead atoms. The first-order chi connectivity index (χ1) is 8.33. The summed E-state index contributed by atoms with van der Waals surface area (Å²) in [6, 6.07) is -0.352. The first kappa shape index (κ1) is 14.5.